The van der Waals surface area contributed by atoms with E-state index in [2.05, 4.69) is 9.97 Å². The largest absolute Gasteiger partial charge is 0.369 e. The number of hydrogen-bond acceptors (Lipinski definition) is 3. The zero-order valence-corrected chi connectivity index (χ0v) is 6.02. The number of aromatic nitrogens is 2. The highest BCUT2D eigenvalue weighted by atomic mass is 32.2. The first kappa shape index (κ1) is 7.14. The lowest BCUT2D eigenvalue weighted by molar-refractivity contribution is -0.115. The van der Waals surface area contributed by atoms with Crippen LogP contribution in [0.5, 0.6) is 0 Å². The van der Waals surface area contributed by atoms with Gasteiger partial charge in [-0.15, -0.1) is 0 Å². The number of nitrogens with zero attached hydrogens (tertiary/aromatic N) is 1. The van der Waals surface area contributed by atoms with Gasteiger partial charge in [-0.25, -0.2) is 4.98 Å². The summed E-state index contributed by atoms with van der Waals surface area (Å²) in [4.78, 5) is 17.0. The molecule has 3 N–H and O–H groups in total. The summed E-state index contributed by atoms with van der Waals surface area (Å²) < 4.78 is 0. The lowest BCUT2D eigenvalue weighted by atomic mass is 10.8. The average Bonchev–Trinajstić information content (AvgIpc) is 2.34. The predicted octanol–water partition coefficient (Wildman–Crippen LogP) is -0.0129. The molecule has 54 valence electrons. The van der Waals surface area contributed by atoms with Crippen LogP contribution in [0, 0.1) is 0 Å². The van der Waals surface area contributed by atoms with Crippen molar-refractivity contribution in [1.29, 1.82) is 0 Å². The van der Waals surface area contributed by atoms with E-state index in [1.807, 2.05) is 0 Å². The van der Waals surface area contributed by atoms with Gasteiger partial charge in [0.25, 0.3) is 0 Å². The number of rotatable bonds is 3. The van der Waals surface area contributed by atoms with Crippen LogP contribution in [0.3, 0.4) is 0 Å². The molecular weight excluding hydrogens is 150 g/mol. The summed E-state index contributed by atoms with van der Waals surface area (Å²) in [5.74, 6) is -0.0607. The third-order valence-electron chi connectivity index (χ3n) is 0.824. The first-order valence-corrected chi connectivity index (χ1v) is 3.68. The topological polar surface area (TPSA) is 71.8 Å². The lowest BCUT2D eigenvalue weighted by Crippen LogP contribution is -2.13. The van der Waals surface area contributed by atoms with Crippen molar-refractivity contribution < 1.29 is 4.79 Å². The monoisotopic (exact) mass is 157 g/mol. The molecular formula is C5H7N3OS. The molecule has 1 rings (SSSR count). The molecule has 0 aliphatic heterocycles. The van der Waals surface area contributed by atoms with E-state index >= 15 is 0 Å². The highest BCUT2D eigenvalue weighted by Crippen LogP contribution is 2.09. The first-order chi connectivity index (χ1) is 4.79. The second kappa shape index (κ2) is 3.26. The maximum atomic E-state index is 10.3. The molecule has 0 bridgehead atoms. The molecule has 0 spiro atoms. The number of thioether (sulfide) groups is 1. The minimum atomic E-state index is -0.332. The molecule has 0 saturated carbocycles. The maximum Gasteiger partial charge on any atom is 0.227 e. The summed E-state index contributed by atoms with van der Waals surface area (Å²) in [6, 6.07) is 0. The molecule has 10 heavy (non-hydrogen) atoms. The Balaban J connectivity index is 2.35. The second-order valence-electron chi connectivity index (χ2n) is 1.65. The molecule has 0 radical (unpaired) electrons. The van der Waals surface area contributed by atoms with E-state index < -0.39 is 0 Å². The number of carbonyl (C=O) groups excluding carboxylic acids is 1. The van der Waals surface area contributed by atoms with Crippen LogP contribution in [0.1, 0.15) is 0 Å². The van der Waals surface area contributed by atoms with Crippen LogP contribution in [0.15, 0.2) is 17.6 Å². The Morgan fingerprint density at radius 2 is 2.70 bits per heavy atom. The molecule has 1 heterocycles. The molecule has 1 amide bonds. The fraction of sp³-hybridized carbons (Fsp3) is 0.200. The van der Waals surface area contributed by atoms with Crippen LogP contribution in [0.4, 0.5) is 0 Å². The third-order valence-corrected chi connectivity index (χ3v) is 1.75. The van der Waals surface area contributed by atoms with Gasteiger partial charge in [-0.3, -0.25) is 4.79 Å². The maximum absolute atomic E-state index is 10.3. The summed E-state index contributed by atoms with van der Waals surface area (Å²) in [7, 11) is 0. The Labute approximate surface area is 62.2 Å². The molecule has 0 aliphatic rings. The minimum Gasteiger partial charge on any atom is -0.369 e. The smallest absolute Gasteiger partial charge is 0.227 e. The molecule has 1 aromatic heterocycles. The number of nitrogens with two attached hydrogens (primary N) is 1. The van der Waals surface area contributed by atoms with Gasteiger partial charge < -0.3 is 10.7 Å². The van der Waals surface area contributed by atoms with Crippen LogP contribution < -0.4 is 5.73 Å². The van der Waals surface area contributed by atoms with E-state index in [4.69, 9.17) is 5.73 Å². The van der Waals surface area contributed by atoms with Crippen LogP contribution >= 0.6 is 11.8 Å². The number of primary amides is 1. The summed E-state index contributed by atoms with van der Waals surface area (Å²) in [5, 5.41) is 0.721. The van der Waals surface area contributed by atoms with E-state index in [-0.39, 0.29) is 11.7 Å². The quantitative estimate of drug-likeness (QED) is 0.606. The van der Waals surface area contributed by atoms with Crippen LogP contribution in [0.2, 0.25) is 0 Å². The van der Waals surface area contributed by atoms with Crippen molar-refractivity contribution in [1.82, 2.24) is 9.97 Å². The standard InChI is InChI=1S/C5H7N3OS/c6-4(9)3-10-5-7-1-2-8-5/h1-2H,3H2,(H2,6,9)(H,7,8). The van der Waals surface area contributed by atoms with E-state index in [1.54, 1.807) is 12.4 Å². The zero-order chi connectivity index (χ0) is 7.40. The van der Waals surface area contributed by atoms with Gasteiger partial charge in [0.15, 0.2) is 5.16 Å². The number of carbonyl (C=O) groups is 1. The van der Waals surface area contributed by atoms with Gasteiger partial charge in [0.2, 0.25) is 5.91 Å². The van der Waals surface area contributed by atoms with Gasteiger partial charge in [-0.2, -0.15) is 0 Å². The van der Waals surface area contributed by atoms with Crippen molar-refractivity contribution in [3.8, 4) is 0 Å². The minimum absolute atomic E-state index is 0.271. The predicted molar refractivity (Wildman–Crippen MR) is 38.5 cm³/mol. The molecule has 0 saturated heterocycles. The van der Waals surface area contributed by atoms with Crippen LogP contribution in [-0.4, -0.2) is 21.6 Å². The summed E-state index contributed by atoms with van der Waals surface area (Å²) >= 11 is 1.29. The molecule has 0 atom stereocenters. The molecule has 4 nitrogen and oxygen atoms in total. The third kappa shape index (κ3) is 2.10. The Bertz CT molecular complexity index is 209. The van der Waals surface area contributed by atoms with Gasteiger partial charge in [-0.05, 0) is 0 Å². The van der Waals surface area contributed by atoms with Crippen molar-refractivity contribution in [3.63, 3.8) is 0 Å². The van der Waals surface area contributed by atoms with Crippen molar-refractivity contribution >= 4 is 17.7 Å². The molecule has 0 fully saturated rings. The second-order valence-corrected chi connectivity index (χ2v) is 2.61. The molecule has 0 aromatic carbocycles. The first-order valence-electron chi connectivity index (χ1n) is 2.69. The summed E-state index contributed by atoms with van der Waals surface area (Å²) in [6.45, 7) is 0. The number of nitrogens with one attached hydrogen (secondary N) is 1. The number of imidazole rings is 1. The van der Waals surface area contributed by atoms with Gasteiger partial charge in [-0.1, -0.05) is 11.8 Å². The van der Waals surface area contributed by atoms with Crippen molar-refractivity contribution in [2.24, 2.45) is 5.73 Å². The van der Waals surface area contributed by atoms with E-state index in [0.717, 1.165) is 5.16 Å². The summed E-state index contributed by atoms with van der Waals surface area (Å²) in [6.07, 6.45) is 3.33. The number of amides is 1. The molecule has 0 unspecified atom stereocenters. The zero-order valence-electron chi connectivity index (χ0n) is 5.20. The van der Waals surface area contributed by atoms with Crippen LogP contribution in [-0.2, 0) is 4.79 Å². The van der Waals surface area contributed by atoms with E-state index in [1.165, 1.54) is 11.8 Å². The van der Waals surface area contributed by atoms with Gasteiger partial charge >= 0.3 is 0 Å². The Morgan fingerprint density at radius 1 is 1.90 bits per heavy atom. The number of hydrogen-bond donors (Lipinski definition) is 2. The fourth-order valence-corrected chi connectivity index (χ4v) is 1.03. The van der Waals surface area contributed by atoms with E-state index in [0.29, 0.717) is 0 Å². The van der Waals surface area contributed by atoms with Crippen molar-refractivity contribution in [3.05, 3.63) is 12.4 Å². The Hall–Kier alpha value is -0.970. The molecule has 0 aliphatic carbocycles. The van der Waals surface area contributed by atoms with E-state index in [9.17, 15) is 4.79 Å². The summed E-state index contributed by atoms with van der Waals surface area (Å²) in [5.41, 5.74) is 4.91. The van der Waals surface area contributed by atoms with Gasteiger partial charge in [0.1, 0.15) is 0 Å². The van der Waals surface area contributed by atoms with Crippen molar-refractivity contribution in [2.45, 2.75) is 5.16 Å². The normalized spacial score (nSPS) is 9.60. The lowest BCUT2D eigenvalue weighted by Gasteiger charge is -1.90. The van der Waals surface area contributed by atoms with Crippen molar-refractivity contribution in [2.75, 3.05) is 5.75 Å². The van der Waals surface area contributed by atoms with Gasteiger partial charge in [0.05, 0.1) is 5.75 Å². The SMILES string of the molecule is NC(=O)CSc1ncc[nH]1. The number of aromatic amines is 1. The Kier molecular flexibility index (Phi) is 2.33. The highest BCUT2D eigenvalue weighted by molar-refractivity contribution is 7.99. The van der Waals surface area contributed by atoms with Gasteiger partial charge in [0, 0.05) is 12.4 Å². The number of H-pyrrole nitrogens is 1. The van der Waals surface area contributed by atoms with Crippen LogP contribution in [0.25, 0.3) is 0 Å². The molecule has 5 heteroatoms. The highest BCUT2D eigenvalue weighted by Gasteiger charge is 1.97. The molecule has 1 aromatic rings. The fourth-order valence-electron chi connectivity index (χ4n) is 0.469. The Morgan fingerprint density at radius 3 is 3.20 bits per heavy atom. The average molecular weight is 157 g/mol.